The van der Waals surface area contributed by atoms with E-state index in [1.165, 1.54) is 22.1 Å². The summed E-state index contributed by atoms with van der Waals surface area (Å²) in [4.78, 5) is 47.1. The van der Waals surface area contributed by atoms with E-state index in [0.717, 1.165) is 43.2 Å². The van der Waals surface area contributed by atoms with E-state index >= 15 is 0 Å². The van der Waals surface area contributed by atoms with Gasteiger partial charge < -0.3 is 5.32 Å². The van der Waals surface area contributed by atoms with Gasteiger partial charge in [-0.3, -0.25) is 24.1 Å². The zero-order valence-corrected chi connectivity index (χ0v) is 20.6. The second kappa shape index (κ2) is 10.7. The van der Waals surface area contributed by atoms with E-state index in [1.54, 1.807) is 36.4 Å². The number of rotatable bonds is 7. The first-order chi connectivity index (χ1) is 17.4. The van der Waals surface area contributed by atoms with Gasteiger partial charge in [-0.1, -0.05) is 55.1 Å². The molecule has 3 amide bonds. The molecule has 190 valence electrons. The number of benzene rings is 2. The predicted molar refractivity (Wildman–Crippen MR) is 131 cm³/mol. The summed E-state index contributed by atoms with van der Waals surface area (Å²) in [6.45, 7) is 0.234. The van der Waals surface area contributed by atoms with Crippen molar-refractivity contribution in [3.63, 3.8) is 0 Å². The molecular weight excluding hydrogens is 485 g/mol. The van der Waals surface area contributed by atoms with Crippen LogP contribution >= 0.6 is 11.6 Å². The van der Waals surface area contributed by atoms with Gasteiger partial charge in [0.1, 0.15) is 12.4 Å². The number of hydroxylamine groups is 2. The number of amides is 3. The standard InChI is InChI=1S/C27H29ClFN3O4/c28-19-10-8-18(9-11-19)24-23-25(27(35)32(26(23)34)21-4-2-1-3-5-21)36-31(24)16-22(33)30-15-14-17-6-12-20(29)13-7-17/h6-13,21,23-25H,1-5,14-16H2,(H,30,33). The fourth-order valence-corrected chi connectivity index (χ4v) is 5.68. The average molecular weight is 514 g/mol. The minimum absolute atomic E-state index is 0.0815. The number of likely N-dealkylation sites (tertiary alicyclic amines) is 1. The number of fused-ring (bicyclic) bond motifs is 1. The van der Waals surface area contributed by atoms with Crippen molar-refractivity contribution in [2.24, 2.45) is 5.92 Å². The normalized spacial score (nSPS) is 24.8. The van der Waals surface area contributed by atoms with Crippen molar-refractivity contribution in [1.29, 1.82) is 0 Å². The van der Waals surface area contributed by atoms with Crippen LogP contribution in [0.3, 0.4) is 0 Å². The first-order valence-corrected chi connectivity index (χ1v) is 12.9. The maximum absolute atomic E-state index is 13.6. The highest BCUT2D eigenvalue weighted by molar-refractivity contribution is 6.30. The second-order valence-corrected chi connectivity index (χ2v) is 10.1. The lowest BCUT2D eigenvalue weighted by atomic mass is 9.90. The van der Waals surface area contributed by atoms with Crippen molar-refractivity contribution in [3.8, 4) is 0 Å². The van der Waals surface area contributed by atoms with E-state index in [4.69, 9.17) is 16.4 Å². The van der Waals surface area contributed by atoms with Crippen molar-refractivity contribution in [2.75, 3.05) is 13.1 Å². The Hall–Kier alpha value is -2.81. The molecule has 2 aromatic rings. The lowest BCUT2D eigenvalue weighted by Crippen LogP contribution is -2.45. The van der Waals surface area contributed by atoms with Gasteiger partial charge in [-0.25, -0.2) is 4.39 Å². The molecule has 0 bridgehead atoms. The molecule has 0 aromatic heterocycles. The smallest absolute Gasteiger partial charge is 0.261 e. The Bertz CT molecular complexity index is 1120. The van der Waals surface area contributed by atoms with Crippen LogP contribution < -0.4 is 5.32 Å². The SMILES string of the molecule is O=C(CN1OC2C(=O)N(C3CCCCC3)C(=O)C2C1c1ccc(Cl)cc1)NCCc1ccc(F)cc1. The van der Waals surface area contributed by atoms with Crippen molar-refractivity contribution in [1.82, 2.24) is 15.3 Å². The third-order valence-electron chi connectivity index (χ3n) is 7.33. The highest BCUT2D eigenvalue weighted by Gasteiger charge is 2.60. The topological polar surface area (TPSA) is 79.0 Å². The maximum atomic E-state index is 13.6. The maximum Gasteiger partial charge on any atom is 0.261 e. The van der Waals surface area contributed by atoms with Crippen molar-refractivity contribution >= 4 is 29.3 Å². The minimum Gasteiger partial charge on any atom is -0.355 e. The Labute approximate surface area is 214 Å². The van der Waals surface area contributed by atoms with Crippen molar-refractivity contribution in [3.05, 3.63) is 70.5 Å². The third-order valence-corrected chi connectivity index (χ3v) is 7.58. The van der Waals surface area contributed by atoms with E-state index in [9.17, 15) is 18.8 Å². The fourth-order valence-electron chi connectivity index (χ4n) is 5.55. The highest BCUT2D eigenvalue weighted by Crippen LogP contribution is 2.46. The Balaban J connectivity index is 1.30. The molecule has 7 nitrogen and oxygen atoms in total. The molecule has 2 heterocycles. The summed E-state index contributed by atoms with van der Waals surface area (Å²) in [6, 6.07) is 12.5. The molecule has 1 aliphatic carbocycles. The first-order valence-electron chi connectivity index (χ1n) is 12.5. The quantitative estimate of drug-likeness (QED) is 0.570. The number of carbonyl (C=O) groups is 3. The Kier molecular flexibility index (Phi) is 7.37. The van der Waals surface area contributed by atoms with Gasteiger partial charge in [0, 0.05) is 17.6 Å². The number of hydrogen-bond acceptors (Lipinski definition) is 5. The second-order valence-electron chi connectivity index (χ2n) is 9.69. The Morgan fingerprint density at radius 2 is 1.69 bits per heavy atom. The van der Waals surface area contributed by atoms with E-state index in [1.807, 2.05) is 0 Å². The minimum atomic E-state index is -0.938. The van der Waals surface area contributed by atoms with Gasteiger partial charge in [-0.15, -0.1) is 0 Å². The summed E-state index contributed by atoms with van der Waals surface area (Å²) in [5.74, 6) is -1.85. The number of nitrogens with zero attached hydrogens (tertiary/aromatic N) is 2. The molecule has 0 spiro atoms. The molecule has 9 heteroatoms. The van der Waals surface area contributed by atoms with Crippen LogP contribution in [0.25, 0.3) is 0 Å². The van der Waals surface area contributed by atoms with Crippen LogP contribution in [-0.4, -0.2) is 52.9 Å². The Morgan fingerprint density at radius 1 is 1.00 bits per heavy atom. The molecular formula is C27H29ClFN3O4. The van der Waals surface area contributed by atoms with Crippen molar-refractivity contribution < 1.29 is 23.6 Å². The van der Waals surface area contributed by atoms with E-state index in [0.29, 0.717) is 18.0 Å². The number of nitrogens with one attached hydrogen (secondary N) is 1. The zero-order chi connectivity index (χ0) is 25.2. The molecule has 3 unspecified atom stereocenters. The van der Waals surface area contributed by atoms with Gasteiger partial charge in [0.15, 0.2) is 6.10 Å². The predicted octanol–water partition coefficient (Wildman–Crippen LogP) is 3.81. The van der Waals surface area contributed by atoms with Crippen LogP contribution in [0.5, 0.6) is 0 Å². The molecule has 36 heavy (non-hydrogen) atoms. The van der Waals surface area contributed by atoms with Gasteiger partial charge >= 0.3 is 0 Å². The lowest BCUT2D eigenvalue weighted by Gasteiger charge is -2.32. The zero-order valence-electron chi connectivity index (χ0n) is 19.9. The van der Waals surface area contributed by atoms with Crippen LogP contribution in [0, 0.1) is 11.7 Å². The first kappa shape index (κ1) is 24.9. The van der Waals surface area contributed by atoms with Gasteiger partial charge in [0.25, 0.3) is 5.91 Å². The third kappa shape index (κ3) is 5.03. The molecule has 0 radical (unpaired) electrons. The van der Waals surface area contributed by atoms with E-state index in [2.05, 4.69) is 5.32 Å². The monoisotopic (exact) mass is 513 g/mol. The van der Waals surface area contributed by atoms with Crippen molar-refractivity contribution in [2.45, 2.75) is 56.7 Å². The van der Waals surface area contributed by atoms with Gasteiger partial charge in [-0.05, 0) is 54.7 Å². The molecule has 2 aromatic carbocycles. The number of hydrogen-bond donors (Lipinski definition) is 1. The van der Waals surface area contributed by atoms with Gasteiger partial charge in [0.2, 0.25) is 11.8 Å². The summed E-state index contributed by atoms with van der Waals surface area (Å²) >= 11 is 6.08. The summed E-state index contributed by atoms with van der Waals surface area (Å²) in [7, 11) is 0. The van der Waals surface area contributed by atoms with E-state index < -0.39 is 18.1 Å². The largest absolute Gasteiger partial charge is 0.355 e. The molecule has 1 N–H and O–H groups in total. The number of carbonyl (C=O) groups excluding carboxylic acids is 3. The number of halogens is 2. The molecule has 5 rings (SSSR count). The van der Waals surface area contributed by atoms with Crippen LogP contribution in [0.1, 0.15) is 49.3 Å². The molecule has 2 aliphatic heterocycles. The van der Waals surface area contributed by atoms with Crippen LogP contribution in [-0.2, 0) is 25.6 Å². The molecule has 1 saturated carbocycles. The summed E-state index contributed by atoms with van der Waals surface area (Å²) < 4.78 is 13.1. The van der Waals surface area contributed by atoms with Crippen LogP contribution in [0.2, 0.25) is 5.02 Å². The average Bonchev–Trinajstić information content (AvgIpc) is 3.36. The molecule has 2 saturated heterocycles. The summed E-state index contributed by atoms with van der Waals surface area (Å²) in [5.41, 5.74) is 1.67. The summed E-state index contributed by atoms with van der Waals surface area (Å²) in [5, 5.41) is 4.86. The molecule has 3 aliphatic rings. The fraction of sp³-hybridized carbons (Fsp3) is 0.444. The van der Waals surface area contributed by atoms with Crippen LogP contribution in [0.15, 0.2) is 48.5 Å². The van der Waals surface area contributed by atoms with Gasteiger partial charge in [0.05, 0.1) is 12.0 Å². The van der Waals surface area contributed by atoms with E-state index in [-0.39, 0.29) is 36.1 Å². The highest BCUT2D eigenvalue weighted by atomic mass is 35.5. The van der Waals surface area contributed by atoms with Gasteiger partial charge in [-0.2, -0.15) is 5.06 Å². The lowest BCUT2D eigenvalue weighted by molar-refractivity contribution is -0.183. The summed E-state index contributed by atoms with van der Waals surface area (Å²) in [6.07, 6.45) is 4.38. The van der Waals surface area contributed by atoms with Crippen LogP contribution in [0.4, 0.5) is 4.39 Å². The number of imide groups is 1. The molecule has 3 atom stereocenters. The Morgan fingerprint density at radius 3 is 2.39 bits per heavy atom. The molecule has 3 fully saturated rings.